The summed E-state index contributed by atoms with van der Waals surface area (Å²) in [5.41, 5.74) is 7.81. The normalized spacial score (nSPS) is 16.4. The van der Waals surface area contributed by atoms with Gasteiger partial charge < -0.3 is 16.0 Å². The van der Waals surface area contributed by atoms with Crippen LogP contribution in [0.4, 0.5) is 11.6 Å². The van der Waals surface area contributed by atoms with Gasteiger partial charge in [0.05, 0.1) is 11.0 Å². The molecule has 0 bridgehead atoms. The largest absolute Gasteiger partial charge is 0.381 e. The molecule has 1 saturated heterocycles. The van der Waals surface area contributed by atoms with Crippen molar-refractivity contribution in [3.8, 4) is 0 Å². The fraction of sp³-hybridized carbons (Fsp3) is 0.467. The van der Waals surface area contributed by atoms with Crippen LogP contribution in [0.25, 0.3) is 11.0 Å². The highest BCUT2D eigenvalue weighted by Gasteiger charge is 2.18. The zero-order valence-electron chi connectivity index (χ0n) is 11.8. The molecule has 1 aliphatic rings. The van der Waals surface area contributed by atoms with E-state index in [4.69, 9.17) is 5.73 Å². The van der Waals surface area contributed by atoms with Crippen LogP contribution >= 0.6 is 0 Å². The van der Waals surface area contributed by atoms with Crippen molar-refractivity contribution in [2.75, 3.05) is 37.3 Å². The molecule has 3 N–H and O–H groups in total. The van der Waals surface area contributed by atoms with Gasteiger partial charge in [-0.1, -0.05) is 12.1 Å². The molecule has 0 spiro atoms. The van der Waals surface area contributed by atoms with E-state index in [1.165, 1.54) is 12.8 Å². The highest BCUT2D eigenvalue weighted by molar-refractivity contribution is 5.79. The summed E-state index contributed by atoms with van der Waals surface area (Å²) >= 11 is 0. The minimum absolute atomic E-state index is 0.514. The molecule has 0 saturated carbocycles. The first-order valence-corrected chi connectivity index (χ1v) is 7.18. The Morgan fingerprint density at radius 1 is 1.20 bits per heavy atom. The number of piperidine rings is 1. The van der Waals surface area contributed by atoms with Crippen molar-refractivity contribution in [1.29, 1.82) is 0 Å². The molecule has 1 aliphatic heterocycles. The van der Waals surface area contributed by atoms with Crippen LogP contribution in [-0.2, 0) is 0 Å². The molecular weight excluding hydrogens is 250 g/mol. The molecule has 106 valence electrons. The Bertz CT molecular complexity index is 592. The number of anilines is 2. The van der Waals surface area contributed by atoms with Crippen LogP contribution in [0.3, 0.4) is 0 Å². The van der Waals surface area contributed by atoms with Gasteiger partial charge in [-0.2, -0.15) is 0 Å². The van der Waals surface area contributed by atoms with E-state index in [1.807, 2.05) is 24.3 Å². The number of para-hydroxylation sites is 2. The molecular formula is C15H21N5. The summed E-state index contributed by atoms with van der Waals surface area (Å²) in [4.78, 5) is 11.3. The monoisotopic (exact) mass is 271 g/mol. The fourth-order valence-corrected chi connectivity index (χ4v) is 2.82. The maximum atomic E-state index is 6.07. The Kier molecular flexibility index (Phi) is 3.69. The number of nitrogen functional groups attached to an aromatic ring is 1. The minimum atomic E-state index is 0.514. The van der Waals surface area contributed by atoms with Gasteiger partial charge >= 0.3 is 0 Å². The molecule has 1 aromatic heterocycles. The molecule has 5 nitrogen and oxygen atoms in total. The molecule has 0 radical (unpaired) electrons. The molecule has 0 amide bonds. The Hall–Kier alpha value is -1.88. The van der Waals surface area contributed by atoms with Crippen molar-refractivity contribution >= 4 is 22.7 Å². The van der Waals surface area contributed by atoms with Crippen LogP contribution in [0, 0.1) is 5.92 Å². The molecule has 2 heterocycles. The number of hydrogen-bond acceptors (Lipinski definition) is 5. The SMILES string of the molecule is CN(CC1CCNCC1)c1nc2ccccc2nc1N. The lowest BCUT2D eigenvalue weighted by atomic mass is 9.98. The minimum Gasteiger partial charge on any atom is -0.381 e. The maximum Gasteiger partial charge on any atom is 0.171 e. The molecule has 1 fully saturated rings. The number of hydrogen-bond donors (Lipinski definition) is 2. The summed E-state index contributed by atoms with van der Waals surface area (Å²) in [6.07, 6.45) is 2.43. The third kappa shape index (κ3) is 2.67. The lowest BCUT2D eigenvalue weighted by Gasteiger charge is -2.28. The van der Waals surface area contributed by atoms with Crippen LogP contribution < -0.4 is 16.0 Å². The topological polar surface area (TPSA) is 67.1 Å². The Morgan fingerprint density at radius 2 is 1.85 bits per heavy atom. The standard InChI is InChI=1S/C15H21N5/c1-20(10-11-6-8-17-9-7-11)15-14(16)18-12-4-2-3-5-13(12)19-15/h2-5,11,17H,6-10H2,1H3,(H2,16,18). The number of fused-ring (bicyclic) bond motifs is 1. The van der Waals surface area contributed by atoms with Crippen molar-refractivity contribution in [1.82, 2.24) is 15.3 Å². The molecule has 3 rings (SSSR count). The van der Waals surface area contributed by atoms with Gasteiger partial charge in [0.15, 0.2) is 11.6 Å². The van der Waals surface area contributed by atoms with Crippen LogP contribution in [0.1, 0.15) is 12.8 Å². The summed E-state index contributed by atoms with van der Waals surface area (Å²) in [6, 6.07) is 7.84. The molecule has 5 heteroatoms. The number of benzene rings is 1. The van der Waals surface area contributed by atoms with E-state index < -0.39 is 0 Å². The molecule has 0 atom stereocenters. The smallest absolute Gasteiger partial charge is 0.171 e. The van der Waals surface area contributed by atoms with Gasteiger partial charge in [-0.25, -0.2) is 9.97 Å². The first kappa shape index (κ1) is 13.1. The number of nitrogens with two attached hydrogens (primary N) is 1. The lowest BCUT2D eigenvalue weighted by Crippen LogP contribution is -2.35. The lowest BCUT2D eigenvalue weighted by molar-refractivity contribution is 0.377. The summed E-state index contributed by atoms with van der Waals surface area (Å²) in [7, 11) is 2.05. The first-order valence-electron chi connectivity index (χ1n) is 7.18. The van der Waals surface area contributed by atoms with E-state index in [1.54, 1.807) is 0 Å². The van der Waals surface area contributed by atoms with Gasteiger partial charge in [-0.3, -0.25) is 0 Å². The number of aromatic nitrogens is 2. The van der Waals surface area contributed by atoms with E-state index in [0.29, 0.717) is 11.7 Å². The molecule has 1 aromatic carbocycles. The summed E-state index contributed by atoms with van der Waals surface area (Å²) in [5.74, 6) is 2.01. The van der Waals surface area contributed by atoms with Gasteiger partial charge in [0.2, 0.25) is 0 Å². The summed E-state index contributed by atoms with van der Waals surface area (Å²) in [5, 5.41) is 3.39. The quantitative estimate of drug-likeness (QED) is 0.888. The van der Waals surface area contributed by atoms with E-state index >= 15 is 0 Å². The highest BCUT2D eigenvalue weighted by atomic mass is 15.2. The number of nitrogens with zero attached hydrogens (tertiary/aromatic N) is 3. The second-order valence-corrected chi connectivity index (χ2v) is 5.50. The summed E-state index contributed by atoms with van der Waals surface area (Å²) < 4.78 is 0. The van der Waals surface area contributed by atoms with Crippen molar-refractivity contribution in [3.05, 3.63) is 24.3 Å². The average Bonchev–Trinajstić information content (AvgIpc) is 2.47. The van der Waals surface area contributed by atoms with Gasteiger partial charge in [-0.15, -0.1) is 0 Å². The molecule has 0 unspecified atom stereocenters. The Labute approximate surface area is 119 Å². The van der Waals surface area contributed by atoms with Crippen molar-refractivity contribution in [3.63, 3.8) is 0 Å². The Balaban J connectivity index is 1.82. The van der Waals surface area contributed by atoms with E-state index in [9.17, 15) is 0 Å². The van der Waals surface area contributed by atoms with Crippen molar-refractivity contribution in [2.45, 2.75) is 12.8 Å². The zero-order valence-corrected chi connectivity index (χ0v) is 11.8. The first-order chi connectivity index (χ1) is 9.74. The van der Waals surface area contributed by atoms with Crippen LogP contribution in [0.2, 0.25) is 0 Å². The van der Waals surface area contributed by atoms with Crippen molar-refractivity contribution < 1.29 is 0 Å². The van der Waals surface area contributed by atoms with Gasteiger partial charge in [0.25, 0.3) is 0 Å². The van der Waals surface area contributed by atoms with E-state index in [2.05, 4.69) is 27.2 Å². The second-order valence-electron chi connectivity index (χ2n) is 5.50. The van der Waals surface area contributed by atoms with Gasteiger partial charge in [0, 0.05) is 13.6 Å². The van der Waals surface area contributed by atoms with Crippen LogP contribution in [0.15, 0.2) is 24.3 Å². The fourth-order valence-electron chi connectivity index (χ4n) is 2.82. The number of rotatable bonds is 3. The molecule has 2 aromatic rings. The third-order valence-corrected chi connectivity index (χ3v) is 3.93. The summed E-state index contributed by atoms with van der Waals surface area (Å²) in [6.45, 7) is 3.20. The van der Waals surface area contributed by atoms with Crippen molar-refractivity contribution in [2.24, 2.45) is 5.92 Å². The maximum absolute atomic E-state index is 6.07. The second kappa shape index (κ2) is 5.63. The van der Waals surface area contributed by atoms with Gasteiger partial charge in [-0.05, 0) is 44.0 Å². The highest BCUT2D eigenvalue weighted by Crippen LogP contribution is 2.23. The predicted molar refractivity (Wildman–Crippen MR) is 82.8 cm³/mol. The third-order valence-electron chi connectivity index (χ3n) is 3.93. The number of nitrogens with one attached hydrogen (secondary N) is 1. The van der Waals surface area contributed by atoms with Crippen LogP contribution in [-0.4, -0.2) is 36.6 Å². The van der Waals surface area contributed by atoms with E-state index in [0.717, 1.165) is 36.5 Å². The molecule has 20 heavy (non-hydrogen) atoms. The van der Waals surface area contributed by atoms with Gasteiger partial charge in [0.1, 0.15) is 0 Å². The molecule has 0 aliphatic carbocycles. The van der Waals surface area contributed by atoms with Crippen LogP contribution in [0.5, 0.6) is 0 Å². The Morgan fingerprint density at radius 3 is 2.55 bits per heavy atom. The van der Waals surface area contributed by atoms with E-state index in [-0.39, 0.29) is 0 Å². The predicted octanol–water partition coefficient (Wildman–Crippen LogP) is 1.65. The zero-order chi connectivity index (χ0) is 13.9. The average molecular weight is 271 g/mol.